The first kappa shape index (κ1) is 16.5. The molecule has 0 radical (unpaired) electrons. The van der Waals surface area contributed by atoms with Gasteiger partial charge in [-0.25, -0.2) is 0 Å². The number of benzene rings is 1. The van der Waals surface area contributed by atoms with Crippen LogP contribution in [0, 0.1) is 0 Å². The molecule has 0 saturated carbocycles. The van der Waals surface area contributed by atoms with Crippen LogP contribution >= 0.6 is 27.3 Å². The Labute approximate surface area is 139 Å². The van der Waals surface area contributed by atoms with Crippen molar-refractivity contribution in [2.75, 3.05) is 7.11 Å². The molecule has 2 nitrogen and oxygen atoms in total. The molecule has 21 heavy (non-hydrogen) atoms. The summed E-state index contributed by atoms with van der Waals surface area (Å²) in [5.74, 6) is 0.870. The molecule has 0 spiro atoms. The van der Waals surface area contributed by atoms with E-state index in [4.69, 9.17) is 4.74 Å². The number of hydrogen-bond acceptors (Lipinski definition) is 3. The molecule has 114 valence electrons. The number of nitrogens with one attached hydrogen (secondary N) is 1. The Balaban J connectivity index is 2.11. The average Bonchev–Trinajstić information content (AvgIpc) is 3.00. The molecule has 0 bridgehead atoms. The third-order valence-electron chi connectivity index (χ3n) is 3.59. The molecule has 2 atom stereocenters. The molecule has 1 aromatic carbocycles. The topological polar surface area (TPSA) is 21.3 Å². The van der Waals surface area contributed by atoms with Crippen LogP contribution in [0.15, 0.2) is 40.2 Å². The second-order valence-electron chi connectivity index (χ2n) is 5.14. The summed E-state index contributed by atoms with van der Waals surface area (Å²) >= 11 is 5.39. The first-order chi connectivity index (χ1) is 10.2. The molecule has 0 fully saturated rings. The van der Waals surface area contributed by atoms with E-state index >= 15 is 0 Å². The number of hydrogen-bond donors (Lipinski definition) is 1. The average molecular weight is 368 g/mol. The van der Waals surface area contributed by atoms with Gasteiger partial charge in [0, 0.05) is 17.0 Å². The third-order valence-corrected chi connectivity index (χ3v) is 5.20. The predicted molar refractivity (Wildman–Crippen MR) is 94.2 cm³/mol. The normalized spacial score (nSPS) is 13.9. The fourth-order valence-electron chi connectivity index (χ4n) is 2.44. The highest BCUT2D eigenvalue weighted by Crippen LogP contribution is 2.30. The Hall–Kier alpha value is -0.840. The van der Waals surface area contributed by atoms with Crippen LogP contribution in [0.1, 0.15) is 49.2 Å². The monoisotopic (exact) mass is 367 g/mol. The zero-order valence-corrected chi connectivity index (χ0v) is 15.1. The second kappa shape index (κ2) is 7.97. The van der Waals surface area contributed by atoms with Crippen molar-refractivity contribution in [2.24, 2.45) is 0 Å². The van der Waals surface area contributed by atoms with Crippen LogP contribution in [-0.2, 0) is 0 Å². The number of halogens is 1. The molecule has 0 amide bonds. The van der Waals surface area contributed by atoms with Crippen molar-refractivity contribution >= 4 is 27.3 Å². The standard InChI is InChI=1S/C17H22BrNOS/c1-4-6-15(17-7-5-10-21-17)19-12(2)13-8-9-16(20-3)14(18)11-13/h5,7-12,15,19H,4,6H2,1-3H3. The van der Waals surface area contributed by atoms with Crippen LogP contribution in [0.4, 0.5) is 0 Å². The molecule has 1 heterocycles. The lowest BCUT2D eigenvalue weighted by Crippen LogP contribution is -2.24. The predicted octanol–water partition coefficient (Wildman–Crippen LogP) is 5.71. The molecule has 0 aliphatic rings. The highest BCUT2D eigenvalue weighted by molar-refractivity contribution is 9.10. The van der Waals surface area contributed by atoms with Crippen LogP contribution < -0.4 is 10.1 Å². The molecule has 2 rings (SSSR count). The van der Waals surface area contributed by atoms with E-state index < -0.39 is 0 Å². The van der Waals surface area contributed by atoms with Gasteiger partial charge in [0.15, 0.2) is 0 Å². The first-order valence-electron chi connectivity index (χ1n) is 7.28. The van der Waals surface area contributed by atoms with E-state index in [1.54, 1.807) is 7.11 Å². The van der Waals surface area contributed by atoms with Gasteiger partial charge in [-0.1, -0.05) is 25.5 Å². The quantitative estimate of drug-likeness (QED) is 0.676. The zero-order valence-electron chi connectivity index (χ0n) is 12.7. The molecule has 1 aromatic heterocycles. The van der Waals surface area contributed by atoms with Crippen molar-refractivity contribution in [1.82, 2.24) is 5.32 Å². The molecular formula is C17H22BrNOS. The van der Waals surface area contributed by atoms with E-state index in [1.807, 2.05) is 17.4 Å². The van der Waals surface area contributed by atoms with Gasteiger partial charge in [0.2, 0.25) is 0 Å². The summed E-state index contributed by atoms with van der Waals surface area (Å²) in [6.07, 6.45) is 2.33. The van der Waals surface area contributed by atoms with Gasteiger partial charge in [0.25, 0.3) is 0 Å². The lowest BCUT2D eigenvalue weighted by Gasteiger charge is -2.23. The van der Waals surface area contributed by atoms with E-state index in [0.717, 1.165) is 16.6 Å². The molecule has 1 N–H and O–H groups in total. The number of ether oxygens (including phenoxy) is 1. The van der Waals surface area contributed by atoms with Gasteiger partial charge < -0.3 is 10.1 Å². The van der Waals surface area contributed by atoms with Gasteiger partial charge in [0.1, 0.15) is 5.75 Å². The summed E-state index contributed by atoms with van der Waals surface area (Å²) in [4.78, 5) is 1.41. The van der Waals surface area contributed by atoms with Gasteiger partial charge >= 0.3 is 0 Å². The largest absolute Gasteiger partial charge is 0.496 e. The number of thiophene rings is 1. The van der Waals surface area contributed by atoms with Gasteiger partial charge in [0.05, 0.1) is 11.6 Å². The Morgan fingerprint density at radius 2 is 2.14 bits per heavy atom. The van der Waals surface area contributed by atoms with E-state index in [1.165, 1.54) is 16.9 Å². The molecule has 0 aliphatic heterocycles. The fourth-order valence-corrected chi connectivity index (χ4v) is 3.82. The maximum absolute atomic E-state index is 5.29. The summed E-state index contributed by atoms with van der Waals surface area (Å²) in [6, 6.07) is 11.3. The first-order valence-corrected chi connectivity index (χ1v) is 8.95. The lowest BCUT2D eigenvalue weighted by atomic mass is 10.0. The molecular weight excluding hydrogens is 346 g/mol. The smallest absolute Gasteiger partial charge is 0.133 e. The van der Waals surface area contributed by atoms with Crippen molar-refractivity contribution < 1.29 is 4.74 Å². The summed E-state index contributed by atoms with van der Waals surface area (Å²) in [5, 5.41) is 5.90. The molecule has 0 aliphatic carbocycles. The van der Waals surface area contributed by atoms with E-state index in [2.05, 4.69) is 64.7 Å². The lowest BCUT2D eigenvalue weighted by molar-refractivity contribution is 0.410. The minimum Gasteiger partial charge on any atom is -0.496 e. The van der Waals surface area contributed by atoms with Gasteiger partial charge in [-0.2, -0.15) is 0 Å². The van der Waals surface area contributed by atoms with Crippen LogP contribution in [0.3, 0.4) is 0 Å². The highest BCUT2D eigenvalue weighted by atomic mass is 79.9. The van der Waals surface area contributed by atoms with Crippen LogP contribution in [-0.4, -0.2) is 7.11 Å². The van der Waals surface area contributed by atoms with Crippen LogP contribution in [0.5, 0.6) is 5.75 Å². The SMILES string of the molecule is CCCC(NC(C)c1ccc(OC)c(Br)c1)c1cccs1. The van der Waals surface area contributed by atoms with Crippen LogP contribution in [0.25, 0.3) is 0 Å². The van der Waals surface area contributed by atoms with Crippen molar-refractivity contribution in [1.29, 1.82) is 0 Å². The Kier molecular flexibility index (Phi) is 6.27. The summed E-state index contributed by atoms with van der Waals surface area (Å²) < 4.78 is 6.29. The molecule has 2 aromatic rings. The maximum Gasteiger partial charge on any atom is 0.133 e. The van der Waals surface area contributed by atoms with Gasteiger partial charge in [-0.3, -0.25) is 0 Å². The molecule has 2 unspecified atom stereocenters. The van der Waals surface area contributed by atoms with Crippen LogP contribution in [0.2, 0.25) is 0 Å². The second-order valence-corrected chi connectivity index (χ2v) is 6.97. The van der Waals surface area contributed by atoms with Crippen molar-refractivity contribution in [3.63, 3.8) is 0 Å². The van der Waals surface area contributed by atoms with Gasteiger partial charge in [-0.15, -0.1) is 11.3 Å². The highest BCUT2D eigenvalue weighted by Gasteiger charge is 2.16. The minimum absolute atomic E-state index is 0.297. The summed E-state index contributed by atoms with van der Waals surface area (Å²) in [5.41, 5.74) is 1.26. The summed E-state index contributed by atoms with van der Waals surface area (Å²) in [6.45, 7) is 4.45. The van der Waals surface area contributed by atoms with E-state index in [0.29, 0.717) is 12.1 Å². The van der Waals surface area contributed by atoms with Crippen molar-refractivity contribution in [3.8, 4) is 5.75 Å². The molecule has 4 heteroatoms. The fraction of sp³-hybridized carbons (Fsp3) is 0.412. The minimum atomic E-state index is 0.297. The Bertz CT molecular complexity index is 556. The number of rotatable bonds is 7. The number of methoxy groups -OCH3 is 1. The summed E-state index contributed by atoms with van der Waals surface area (Å²) in [7, 11) is 1.69. The Morgan fingerprint density at radius 3 is 2.71 bits per heavy atom. The van der Waals surface area contributed by atoms with E-state index in [-0.39, 0.29) is 0 Å². The van der Waals surface area contributed by atoms with Gasteiger partial charge in [-0.05, 0) is 58.4 Å². The third kappa shape index (κ3) is 4.31. The zero-order chi connectivity index (χ0) is 15.2. The molecule has 0 saturated heterocycles. The van der Waals surface area contributed by atoms with Crippen molar-refractivity contribution in [2.45, 2.75) is 38.8 Å². The Morgan fingerprint density at radius 1 is 1.33 bits per heavy atom. The maximum atomic E-state index is 5.29. The van der Waals surface area contributed by atoms with Crippen molar-refractivity contribution in [3.05, 3.63) is 50.6 Å². The van der Waals surface area contributed by atoms with E-state index in [9.17, 15) is 0 Å².